The molecule has 1 aromatic heterocycles. The molecule has 1 amide bonds. The molecule has 0 aliphatic rings. The molecule has 3 aromatic carbocycles. The van der Waals surface area contributed by atoms with E-state index >= 15 is 0 Å². The molecule has 4 rings (SSSR count). The zero-order chi connectivity index (χ0) is 20.9. The number of hydrogen-bond acceptors (Lipinski definition) is 1. The van der Waals surface area contributed by atoms with Gasteiger partial charge in [-0.3, -0.25) is 4.79 Å². The quantitative estimate of drug-likeness (QED) is 0.366. The molecule has 0 saturated heterocycles. The number of hydrogen-bond donors (Lipinski definition) is 1. The molecule has 0 aliphatic heterocycles. The van der Waals surface area contributed by atoms with Crippen LogP contribution in [0.5, 0.6) is 0 Å². The molecule has 1 N–H and O–H groups in total. The number of fused-ring (bicyclic) bond motifs is 1. The van der Waals surface area contributed by atoms with E-state index < -0.39 is 0 Å². The van der Waals surface area contributed by atoms with Crippen LogP contribution in [0.15, 0.2) is 83.5 Å². The van der Waals surface area contributed by atoms with E-state index in [4.69, 9.17) is 0 Å². The number of para-hydroxylation sites is 1. The summed E-state index contributed by atoms with van der Waals surface area (Å²) >= 11 is 3.45. The zero-order valence-electron chi connectivity index (χ0n) is 16.4. The van der Waals surface area contributed by atoms with E-state index in [0.717, 1.165) is 26.5 Å². The summed E-state index contributed by atoms with van der Waals surface area (Å²) in [4.78, 5) is 12.4. The van der Waals surface area contributed by atoms with Crippen LogP contribution in [-0.4, -0.2) is 10.5 Å². The second kappa shape index (κ2) is 9.26. The minimum Gasteiger partial charge on any atom is -0.352 e. The number of carbonyl (C=O) groups excluding carboxylic acids is 1. The van der Waals surface area contributed by atoms with E-state index in [1.54, 1.807) is 12.1 Å². The topological polar surface area (TPSA) is 34.0 Å². The minimum atomic E-state index is -0.205. The van der Waals surface area contributed by atoms with Gasteiger partial charge in [-0.2, -0.15) is 0 Å². The molecular weight excluding hydrogens is 443 g/mol. The molecule has 4 aromatic rings. The van der Waals surface area contributed by atoms with Gasteiger partial charge in [0.25, 0.3) is 0 Å². The predicted octanol–water partition coefficient (Wildman–Crippen LogP) is 5.84. The van der Waals surface area contributed by atoms with Crippen LogP contribution in [0.1, 0.15) is 23.1 Å². The largest absolute Gasteiger partial charge is 0.352 e. The fourth-order valence-corrected chi connectivity index (χ4v) is 4.09. The van der Waals surface area contributed by atoms with Crippen LogP contribution in [0.2, 0.25) is 0 Å². The summed E-state index contributed by atoms with van der Waals surface area (Å²) in [5.41, 5.74) is 3.85. The van der Waals surface area contributed by atoms with Crippen molar-refractivity contribution >= 4 is 32.7 Å². The third-order valence-electron chi connectivity index (χ3n) is 5.17. The van der Waals surface area contributed by atoms with E-state index in [0.29, 0.717) is 31.5 Å². The molecule has 0 fully saturated rings. The summed E-state index contributed by atoms with van der Waals surface area (Å²) in [6, 6.07) is 22.8. The summed E-state index contributed by atoms with van der Waals surface area (Å²) in [6.45, 7) is 0.968. The molecule has 0 aliphatic carbocycles. The highest BCUT2D eigenvalue weighted by molar-refractivity contribution is 9.10. The Balaban J connectivity index is 1.45. The summed E-state index contributed by atoms with van der Waals surface area (Å²) in [7, 11) is 0. The molecular formula is C25H22BrFN2O. The summed E-state index contributed by atoms with van der Waals surface area (Å²) in [5.74, 6) is -0.190. The fraction of sp³-hybridized carbons (Fsp3) is 0.160. The van der Waals surface area contributed by atoms with Gasteiger partial charge in [0.2, 0.25) is 5.91 Å². The molecule has 5 heteroatoms. The normalized spacial score (nSPS) is 11.0. The minimum absolute atomic E-state index is 0.0147. The molecule has 0 bridgehead atoms. The van der Waals surface area contributed by atoms with Crippen molar-refractivity contribution in [2.75, 3.05) is 0 Å². The number of halogens is 2. The number of aromatic nitrogens is 1. The molecule has 0 unspecified atom stereocenters. The average molecular weight is 465 g/mol. The number of carbonyl (C=O) groups is 1. The van der Waals surface area contributed by atoms with Gasteiger partial charge in [0.15, 0.2) is 0 Å². The molecule has 0 atom stereocenters. The number of aryl methyl sites for hydroxylation is 1. The highest BCUT2D eigenvalue weighted by Crippen LogP contribution is 2.24. The maximum atomic E-state index is 14.1. The number of nitrogens with zero attached hydrogens (tertiary/aromatic N) is 1. The molecule has 0 radical (unpaired) electrons. The van der Waals surface area contributed by atoms with E-state index in [9.17, 15) is 9.18 Å². The lowest BCUT2D eigenvalue weighted by Gasteiger charge is -2.06. The average Bonchev–Trinajstić information content (AvgIpc) is 3.10. The first kappa shape index (κ1) is 20.4. The Bertz CT molecular complexity index is 1180. The van der Waals surface area contributed by atoms with Crippen molar-refractivity contribution in [2.24, 2.45) is 0 Å². The van der Waals surface area contributed by atoms with E-state index in [1.165, 1.54) is 6.07 Å². The molecule has 0 spiro atoms. The second-order valence-corrected chi connectivity index (χ2v) is 8.21. The second-order valence-electron chi connectivity index (χ2n) is 7.30. The van der Waals surface area contributed by atoms with E-state index in [1.807, 2.05) is 54.7 Å². The van der Waals surface area contributed by atoms with Crippen molar-refractivity contribution < 1.29 is 9.18 Å². The predicted molar refractivity (Wildman–Crippen MR) is 122 cm³/mol. The lowest BCUT2D eigenvalue weighted by Crippen LogP contribution is -2.22. The number of benzene rings is 3. The Hall–Kier alpha value is -2.92. The first-order chi connectivity index (χ1) is 14.6. The van der Waals surface area contributed by atoms with Crippen LogP contribution < -0.4 is 5.32 Å². The molecule has 30 heavy (non-hydrogen) atoms. The van der Waals surface area contributed by atoms with E-state index in [2.05, 4.69) is 31.9 Å². The third kappa shape index (κ3) is 4.79. The maximum Gasteiger partial charge on any atom is 0.220 e. The van der Waals surface area contributed by atoms with Gasteiger partial charge in [-0.05, 0) is 41.8 Å². The van der Waals surface area contributed by atoms with Gasteiger partial charge >= 0.3 is 0 Å². The summed E-state index contributed by atoms with van der Waals surface area (Å²) < 4.78 is 17.2. The summed E-state index contributed by atoms with van der Waals surface area (Å²) in [5, 5.41) is 4.09. The highest BCUT2D eigenvalue weighted by atomic mass is 79.9. The summed E-state index contributed by atoms with van der Waals surface area (Å²) in [6.07, 6.45) is 3.08. The maximum absolute atomic E-state index is 14.1. The number of amides is 1. The van der Waals surface area contributed by atoms with Gasteiger partial charge in [0.1, 0.15) is 5.82 Å². The van der Waals surface area contributed by atoms with Gasteiger partial charge in [-0.15, -0.1) is 0 Å². The lowest BCUT2D eigenvalue weighted by atomic mass is 10.1. The zero-order valence-corrected chi connectivity index (χ0v) is 18.0. The lowest BCUT2D eigenvalue weighted by molar-refractivity contribution is -0.121. The molecule has 152 valence electrons. The van der Waals surface area contributed by atoms with Crippen molar-refractivity contribution in [2.45, 2.75) is 25.9 Å². The van der Waals surface area contributed by atoms with Crippen LogP contribution in [0.25, 0.3) is 10.9 Å². The Morgan fingerprint density at radius 3 is 2.60 bits per heavy atom. The molecule has 1 heterocycles. The van der Waals surface area contributed by atoms with Gasteiger partial charge in [-0.25, -0.2) is 4.39 Å². The number of nitrogens with one attached hydrogen (secondary N) is 1. The highest BCUT2D eigenvalue weighted by Gasteiger charge is 2.12. The molecule has 0 saturated carbocycles. The molecule has 3 nitrogen and oxygen atoms in total. The first-order valence-electron chi connectivity index (χ1n) is 9.91. The van der Waals surface area contributed by atoms with Crippen LogP contribution in [-0.2, 0) is 24.3 Å². The van der Waals surface area contributed by atoms with Crippen molar-refractivity contribution in [3.8, 4) is 0 Å². The van der Waals surface area contributed by atoms with E-state index in [-0.39, 0.29) is 11.7 Å². The first-order valence-corrected chi connectivity index (χ1v) is 10.7. The van der Waals surface area contributed by atoms with Gasteiger partial charge in [0.05, 0.1) is 6.54 Å². The number of rotatable bonds is 7. The standard InChI is InChI=1S/C25H22BrFN2O/c26-21-8-5-6-18(14-21)15-28-25(30)13-12-19-16-29(24-11-4-2-9-22(19)24)17-20-7-1-3-10-23(20)27/h1-11,14,16H,12-13,15,17H2,(H,28,30). The van der Waals surface area contributed by atoms with Crippen LogP contribution in [0, 0.1) is 5.82 Å². The van der Waals surface area contributed by atoms with Gasteiger partial charge in [-0.1, -0.05) is 64.5 Å². The SMILES string of the molecule is O=C(CCc1cn(Cc2ccccc2F)c2ccccc12)NCc1cccc(Br)c1. The van der Waals surface area contributed by atoms with Gasteiger partial charge < -0.3 is 9.88 Å². The van der Waals surface area contributed by atoms with Crippen molar-refractivity contribution in [3.63, 3.8) is 0 Å². The fourth-order valence-electron chi connectivity index (χ4n) is 3.65. The Morgan fingerprint density at radius 2 is 1.77 bits per heavy atom. The van der Waals surface area contributed by atoms with Crippen molar-refractivity contribution in [1.82, 2.24) is 9.88 Å². The third-order valence-corrected chi connectivity index (χ3v) is 5.66. The van der Waals surface area contributed by atoms with Crippen molar-refractivity contribution in [3.05, 3.63) is 106 Å². The Morgan fingerprint density at radius 1 is 0.967 bits per heavy atom. The monoisotopic (exact) mass is 464 g/mol. The smallest absolute Gasteiger partial charge is 0.220 e. The Labute approximate surface area is 183 Å². The van der Waals surface area contributed by atoms with Crippen LogP contribution in [0.3, 0.4) is 0 Å². The Kier molecular flexibility index (Phi) is 6.29. The van der Waals surface area contributed by atoms with Gasteiger partial charge in [0, 0.05) is 40.1 Å². The van der Waals surface area contributed by atoms with Crippen molar-refractivity contribution in [1.29, 1.82) is 0 Å². The van der Waals surface area contributed by atoms with Crippen LogP contribution >= 0.6 is 15.9 Å². The van der Waals surface area contributed by atoms with Crippen LogP contribution in [0.4, 0.5) is 4.39 Å².